The van der Waals surface area contributed by atoms with E-state index in [-0.39, 0.29) is 30.0 Å². The van der Waals surface area contributed by atoms with Crippen LogP contribution in [0.2, 0.25) is 0 Å². The van der Waals surface area contributed by atoms with Gasteiger partial charge in [0.05, 0.1) is 19.2 Å². The Kier molecular flexibility index (Phi) is 7.20. The van der Waals surface area contributed by atoms with Crippen LogP contribution in [0.3, 0.4) is 0 Å². The van der Waals surface area contributed by atoms with Gasteiger partial charge in [-0.05, 0) is 19.3 Å². The third-order valence-corrected chi connectivity index (χ3v) is 6.10. The second-order valence-electron chi connectivity index (χ2n) is 6.36. The second kappa shape index (κ2) is 9.15. The van der Waals surface area contributed by atoms with Crippen molar-refractivity contribution in [1.82, 2.24) is 15.5 Å². The van der Waals surface area contributed by atoms with Gasteiger partial charge in [-0.2, -0.15) is 11.8 Å². The van der Waals surface area contributed by atoms with E-state index in [9.17, 15) is 14.4 Å². The van der Waals surface area contributed by atoms with Gasteiger partial charge in [-0.25, -0.2) is 4.79 Å². The summed E-state index contributed by atoms with van der Waals surface area (Å²) in [5.74, 6) is 0.847. The molecule has 3 amide bonds. The Morgan fingerprint density at radius 1 is 1.25 bits per heavy atom. The lowest BCUT2D eigenvalue weighted by molar-refractivity contribution is -0.141. The highest BCUT2D eigenvalue weighted by Gasteiger charge is 2.42. The molecule has 2 aliphatic rings. The Balaban J connectivity index is 1.56. The summed E-state index contributed by atoms with van der Waals surface area (Å²) in [4.78, 5) is 36.1. The van der Waals surface area contributed by atoms with Gasteiger partial charge in [0.1, 0.15) is 0 Å². The first kappa shape index (κ1) is 18.9. The lowest BCUT2D eigenvalue weighted by atomic mass is 10.0. The monoisotopic (exact) mass is 357 g/mol. The zero-order valence-corrected chi connectivity index (χ0v) is 15.2. The molecule has 24 heavy (non-hydrogen) atoms. The van der Waals surface area contributed by atoms with Gasteiger partial charge in [0.2, 0.25) is 5.91 Å². The highest BCUT2D eigenvalue weighted by Crippen LogP contribution is 2.33. The third-order valence-electron chi connectivity index (χ3n) is 4.60. The molecule has 0 aromatic rings. The van der Waals surface area contributed by atoms with Crippen LogP contribution in [-0.4, -0.2) is 66.6 Å². The number of hydrogen-bond acceptors (Lipinski definition) is 5. The zero-order chi connectivity index (χ0) is 17.5. The second-order valence-corrected chi connectivity index (χ2v) is 7.63. The molecule has 0 spiro atoms. The maximum Gasteiger partial charge on any atom is 0.315 e. The van der Waals surface area contributed by atoms with E-state index in [4.69, 9.17) is 0 Å². The van der Waals surface area contributed by atoms with E-state index >= 15 is 0 Å². The SMILES string of the molecule is COC(=O)CCCN(C)C(=O)CCCC[C@@H]1SC[C@@H]2NC(=O)N[C@@H]21. The Labute approximate surface area is 147 Å². The Hall–Kier alpha value is -1.44. The largest absolute Gasteiger partial charge is 0.469 e. The average Bonchev–Trinajstić information content (AvgIpc) is 3.10. The van der Waals surface area contributed by atoms with Gasteiger partial charge in [0.25, 0.3) is 0 Å². The van der Waals surface area contributed by atoms with E-state index in [1.54, 1.807) is 11.9 Å². The van der Waals surface area contributed by atoms with Crippen LogP contribution >= 0.6 is 11.8 Å². The lowest BCUT2D eigenvalue weighted by Gasteiger charge is -2.18. The first-order chi connectivity index (χ1) is 11.5. The van der Waals surface area contributed by atoms with E-state index in [0.717, 1.165) is 25.0 Å². The minimum atomic E-state index is -0.239. The van der Waals surface area contributed by atoms with Crippen molar-refractivity contribution in [3.05, 3.63) is 0 Å². The van der Waals surface area contributed by atoms with Crippen LogP contribution in [0.15, 0.2) is 0 Å². The normalized spacial score (nSPS) is 24.9. The van der Waals surface area contributed by atoms with Gasteiger partial charge in [0.15, 0.2) is 0 Å². The Bertz CT molecular complexity index is 474. The van der Waals surface area contributed by atoms with Crippen LogP contribution in [0.25, 0.3) is 0 Å². The standard InChI is InChI=1S/C16H27N3O4S/c1-19(9-5-8-14(21)23-2)13(20)7-4-3-6-12-15-11(10-24-12)17-16(22)18-15/h11-12,15H,3-10H2,1-2H3,(H2,17,18,22)/t11-,12-,15-/m0/s1. The smallest absolute Gasteiger partial charge is 0.315 e. The molecular formula is C16H27N3O4S. The van der Waals surface area contributed by atoms with Crippen LogP contribution in [0.1, 0.15) is 38.5 Å². The number of esters is 1. The number of nitrogens with zero attached hydrogens (tertiary/aromatic N) is 1. The number of hydrogen-bond donors (Lipinski definition) is 2. The minimum Gasteiger partial charge on any atom is -0.469 e. The van der Waals surface area contributed by atoms with E-state index in [1.165, 1.54) is 7.11 Å². The summed E-state index contributed by atoms with van der Waals surface area (Å²) in [5.41, 5.74) is 0. The quantitative estimate of drug-likeness (QED) is 0.367. The third kappa shape index (κ3) is 5.29. The van der Waals surface area contributed by atoms with Gasteiger partial charge < -0.3 is 20.3 Å². The summed E-state index contributed by atoms with van der Waals surface area (Å²) >= 11 is 1.90. The zero-order valence-electron chi connectivity index (χ0n) is 14.4. The fourth-order valence-corrected chi connectivity index (χ4v) is 4.69. The van der Waals surface area contributed by atoms with E-state index < -0.39 is 0 Å². The van der Waals surface area contributed by atoms with E-state index in [2.05, 4.69) is 15.4 Å². The predicted molar refractivity (Wildman–Crippen MR) is 92.8 cm³/mol. The summed E-state index contributed by atoms with van der Waals surface area (Å²) < 4.78 is 4.58. The molecule has 2 saturated heterocycles. The maximum atomic E-state index is 12.0. The van der Waals surface area contributed by atoms with Gasteiger partial charge >= 0.3 is 12.0 Å². The minimum absolute atomic E-state index is 0.0564. The van der Waals surface area contributed by atoms with Crippen molar-refractivity contribution < 1.29 is 19.1 Å². The number of nitrogens with one attached hydrogen (secondary N) is 2. The fraction of sp³-hybridized carbons (Fsp3) is 0.812. The number of thioether (sulfide) groups is 1. The Morgan fingerprint density at radius 3 is 2.79 bits per heavy atom. The van der Waals surface area contributed by atoms with E-state index in [0.29, 0.717) is 31.1 Å². The molecule has 0 saturated carbocycles. The molecule has 7 nitrogen and oxygen atoms in total. The van der Waals surface area contributed by atoms with Crippen LogP contribution in [-0.2, 0) is 14.3 Å². The number of rotatable bonds is 9. The molecule has 2 rings (SSSR count). The van der Waals surface area contributed by atoms with Crippen molar-refractivity contribution in [1.29, 1.82) is 0 Å². The number of amides is 3. The van der Waals surface area contributed by atoms with Crippen molar-refractivity contribution in [3.63, 3.8) is 0 Å². The highest BCUT2D eigenvalue weighted by molar-refractivity contribution is 8.00. The molecule has 3 atom stereocenters. The number of fused-ring (bicyclic) bond motifs is 1. The molecule has 0 unspecified atom stereocenters. The molecule has 0 bridgehead atoms. The lowest BCUT2D eigenvalue weighted by Crippen LogP contribution is -2.36. The summed E-state index contributed by atoms with van der Waals surface area (Å²) in [6.07, 6.45) is 4.37. The highest BCUT2D eigenvalue weighted by atomic mass is 32.2. The molecule has 0 aromatic heterocycles. The molecule has 2 aliphatic heterocycles. The van der Waals surface area contributed by atoms with Crippen LogP contribution in [0.4, 0.5) is 4.79 Å². The van der Waals surface area contributed by atoms with Crippen molar-refractivity contribution in [2.75, 3.05) is 26.5 Å². The number of unbranched alkanes of at least 4 members (excludes halogenated alkanes) is 1. The molecule has 2 fully saturated rings. The number of carbonyl (C=O) groups is 3. The predicted octanol–water partition coefficient (Wildman–Crippen LogP) is 1.12. The van der Waals surface area contributed by atoms with Crippen LogP contribution in [0, 0.1) is 0 Å². The van der Waals surface area contributed by atoms with Crippen molar-refractivity contribution in [3.8, 4) is 0 Å². The molecule has 0 aromatic carbocycles. The topological polar surface area (TPSA) is 87.7 Å². The number of carbonyl (C=O) groups excluding carboxylic acids is 3. The fourth-order valence-electron chi connectivity index (χ4n) is 3.14. The molecule has 136 valence electrons. The van der Waals surface area contributed by atoms with Crippen LogP contribution in [0.5, 0.6) is 0 Å². The van der Waals surface area contributed by atoms with E-state index in [1.807, 2.05) is 11.8 Å². The van der Waals surface area contributed by atoms with Gasteiger partial charge in [-0.3, -0.25) is 9.59 Å². The van der Waals surface area contributed by atoms with Gasteiger partial charge in [-0.15, -0.1) is 0 Å². The van der Waals surface area contributed by atoms with Crippen molar-refractivity contribution >= 4 is 29.7 Å². The molecular weight excluding hydrogens is 330 g/mol. The van der Waals surface area contributed by atoms with Crippen LogP contribution < -0.4 is 10.6 Å². The summed E-state index contributed by atoms with van der Waals surface area (Å²) in [7, 11) is 3.14. The molecule has 2 N–H and O–H groups in total. The molecule has 0 radical (unpaired) electrons. The summed E-state index contributed by atoms with van der Waals surface area (Å²) in [5, 5.41) is 6.37. The maximum absolute atomic E-state index is 12.0. The average molecular weight is 357 g/mol. The van der Waals surface area contributed by atoms with Gasteiger partial charge in [-0.1, -0.05) is 6.42 Å². The molecule has 8 heteroatoms. The molecule has 2 heterocycles. The molecule has 0 aliphatic carbocycles. The number of ether oxygens (including phenoxy) is 1. The first-order valence-corrected chi connectivity index (χ1v) is 9.55. The van der Waals surface area contributed by atoms with Crippen molar-refractivity contribution in [2.24, 2.45) is 0 Å². The van der Waals surface area contributed by atoms with Gasteiger partial charge in [0, 0.05) is 37.4 Å². The summed E-state index contributed by atoms with van der Waals surface area (Å²) in [6, 6.07) is 0.438. The summed E-state index contributed by atoms with van der Waals surface area (Å²) in [6.45, 7) is 0.577. The first-order valence-electron chi connectivity index (χ1n) is 8.50. The number of methoxy groups -OCH3 is 1. The Morgan fingerprint density at radius 2 is 2.04 bits per heavy atom. The van der Waals surface area contributed by atoms with Crippen molar-refractivity contribution in [2.45, 2.75) is 55.9 Å². The number of urea groups is 1.